The van der Waals surface area contributed by atoms with E-state index in [0.717, 1.165) is 30.3 Å². The van der Waals surface area contributed by atoms with Gasteiger partial charge in [0.2, 0.25) is 0 Å². The van der Waals surface area contributed by atoms with Gasteiger partial charge in [0.1, 0.15) is 0 Å². The Hall–Kier alpha value is -1.26. The molecule has 1 atom stereocenters. The number of carbonyl (C=O) groups is 2. The topological polar surface area (TPSA) is 83.1 Å². The molecule has 0 aromatic heterocycles. The molecule has 0 spiro atoms. The molecule has 1 aliphatic heterocycles. The molecule has 1 saturated heterocycles. The van der Waals surface area contributed by atoms with E-state index in [4.69, 9.17) is 18.8 Å². The molecular formula is C36H64BNO6Sn. The number of amides is 1. The van der Waals surface area contributed by atoms with Crippen LogP contribution in [0.25, 0.3) is 0 Å². The minimum atomic E-state index is -3.08. The number of rotatable bonds is 15. The molecule has 1 unspecified atom stereocenters. The van der Waals surface area contributed by atoms with Crippen LogP contribution in [0, 0.1) is 0 Å². The summed E-state index contributed by atoms with van der Waals surface area (Å²) in [6, 6.07) is 5.75. The summed E-state index contributed by atoms with van der Waals surface area (Å²) in [5, 5.41) is 2.88. The van der Waals surface area contributed by atoms with Crippen LogP contribution in [0.5, 0.6) is 0 Å². The summed E-state index contributed by atoms with van der Waals surface area (Å²) in [6.45, 7) is 26.2. The minimum absolute atomic E-state index is 0.343. The fourth-order valence-electron chi connectivity index (χ4n) is 5.95. The zero-order valence-electron chi connectivity index (χ0n) is 30.9. The first kappa shape index (κ1) is 39.9. The van der Waals surface area contributed by atoms with Gasteiger partial charge in [0, 0.05) is 0 Å². The number of carbonyl (C=O) groups excluding carboxylic acids is 2. The second kappa shape index (κ2) is 16.2. The Labute approximate surface area is 279 Å². The van der Waals surface area contributed by atoms with Crippen LogP contribution in [-0.2, 0) is 30.0 Å². The Morgan fingerprint density at radius 2 is 1.29 bits per heavy atom. The molecule has 0 saturated carbocycles. The summed E-state index contributed by atoms with van der Waals surface area (Å²) in [5.74, 6) is -0.453. The van der Waals surface area contributed by atoms with E-state index in [-0.39, 0.29) is 0 Å². The molecule has 7 nitrogen and oxygen atoms in total. The normalized spacial score (nSPS) is 17.2. The van der Waals surface area contributed by atoms with Crippen LogP contribution in [0.4, 0.5) is 4.79 Å². The molecule has 1 fully saturated rings. The summed E-state index contributed by atoms with van der Waals surface area (Å²) in [7, 11) is -0.461. The van der Waals surface area contributed by atoms with E-state index < -0.39 is 66.0 Å². The molecule has 1 heterocycles. The van der Waals surface area contributed by atoms with Crippen molar-refractivity contribution >= 4 is 46.6 Å². The SMILES string of the molecule is CCC[CH2][Sn]([CH2]CCC)([CH2]CCC)[c]1cc(B2OC(C)(C)C(C)(C)O2)ccc1CC(NC(=O)OC(C)(C)C)C(=O)OC(C)(C)C. The first-order chi connectivity index (χ1) is 20.7. The van der Waals surface area contributed by atoms with Gasteiger partial charge in [0.25, 0.3) is 0 Å². The average Bonchev–Trinajstić information content (AvgIpc) is 3.12. The fraction of sp³-hybridized carbons (Fsp3) is 0.778. The number of hydrogen-bond donors (Lipinski definition) is 1. The van der Waals surface area contributed by atoms with Gasteiger partial charge < -0.3 is 0 Å². The van der Waals surface area contributed by atoms with Crippen molar-refractivity contribution in [3.05, 3.63) is 23.8 Å². The van der Waals surface area contributed by atoms with Gasteiger partial charge in [-0.25, -0.2) is 0 Å². The Kier molecular flexibility index (Phi) is 14.4. The van der Waals surface area contributed by atoms with Gasteiger partial charge >= 0.3 is 281 Å². The molecule has 2 rings (SSSR count). The molecule has 1 N–H and O–H groups in total. The molecule has 1 amide bonds. The maximum atomic E-state index is 13.6. The van der Waals surface area contributed by atoms with Crippen molar-refractivity contribution in [3.8, 4) is 0 Å². The monoisotopic (exact) mass is 737 g/mol. The van der Waals surface area contributed by atoms with E-state index >= 15 is 0 Å². The van der Waals surface area contributed by atoms with Gasteiger partial charge in [-0.1, -0.05) is 0 Å². The van der Waals surface area contributed by atoms with E-state index in [9.17, 15) is 9.59 Å². The molecule has 45 heavy (non-hydrogen) atoms. The third-order valence-electron chi connectivity index (χ3n) is 9.06. The van der Waals surface area contributed by atoms with Crippen LogP contribution in [0.2, 0.25) is 13.3 Å². The fourth-order valence-corrected chi connectivity index (χ4v) is 23.0. The van der Waals surface area contributed by atoms with Crippen LogP contribution < -0.4 is 14.4 Å². The molecule has 1 aromatic carbocycles. The molecule has 0 aliphatic carbocycles. The maximum absolute atomic E-state index is 13.6. The van der Waals surface area contributed by atoms with E-state index in [1.807, 2.05) is 41.5 Å². The van der Waals surface area contributed by atoms with Crippen molar-refractivity contribution in [3.63, 3.8) is 0 Å². The number of alkyl carbamates (subject to hydrolysis) is 1. The van der Waals surface area contributed by atoms with Crippen molar-refractivity contribution < 1.29 is 28.4 Å². The number of hydrogen-bond acceptors (Lipinski definition) is 6. The predicted octanol–water partition coefficient (Wildman–Crippen LogP) is 7.82. The van der Waals surface area contributed by atoms with Crippen LogP contribution in [0.3, 0.4) is 0 Å². The summed E-state index contributed by atoms with van der Waals surface area (Å²) in [4.78, 5) is 26.7. The van der Waals surface area contributed by atoms with E-state index in [0.29, 0.717) is 6.42 Å². The molecule has 9 heteroatoms. The van der Waals surface area contributed by atoms with Crippen LogP contribution in [-0.4, -0.2) is 66.0 Å². The molecule has 1 aliphatic rings. The van der Waals surface area contributed by atoms with Gasteiger partial charge in [0.15, 0.2) is 0 Å². The second-order valence-corrected chi connectivity index (χ2v) is 29.2. The first-order valence-electron chi connectivity index (χ1n) is 17.4. The number of nitrogens with one attached hydrogen (secondary N) is 1. The molecule has 256 valence electrons. The van der Waals surface area contributed by atoms with Gasteiger partial charge in [-0.05, 0) is 0 Å². The quantitative estimate of drug-likeness (QED) is 0.146. The van der Waals surface area contributed by atoms with Crippen molar-refractivity contribution in [2.24, 2.45) is 0 Å². The summed E-state index contributed by atoms with van der Waals surface area (Å²) in [6.07, 6.45) is 6.81. The van der Waals surface area contributed by atoms with Gasteiger partial charge in [-0.3, -0.25) is 0 Å². The van der Waals surface area contributed by atoms with E-state index in [1.54, 1.807) is 0 Å². The van der Waals surface area contributed by atoms with Crippen molar-refractivity contribution in [1.29, 1.82) is 0 Å². The standard InChI is InChI=1S/C24H37BNO6.3C4H9.Sn/c1-21(2,3)29-19(27)18(26-20(28)30-22(4,5)6)15-16-11-13-17(14-12-16)25-31-23(7,8)24(9,10)32-25;3*1-3-4-2;/h11,13-14,18H,15H2,1-10H3,(H,26,28);3*1,3-4H2,2H3;. The van der Waals surface area contributed by atoms with Crippen molar-refractivity contribution in [1.82, 2.24) is 5.32 Å². The summed E-state index contributed by atoms with van der Waals surface area (Å²) in [5.41, 5.74) is -0.107. The number of ether oxygens (including phenoxy) is 2. The molecular weight excluding hydrogens is 672 g/mol. The van der Waals surface area contributed by atoms with Gasteiger partial charge in [-0.2, -0.15) is 0 Å². The average molecular weight is 736 g/mol. The number of esters is 1. The molecule has 0 bridgehead atoms. The number of unbranched alkanes of at least 4 members (excludes halogenated alkanes) is 3. The van der Waals surface area contributed by atoms with Gasteiger partial charge in [0.05, 0.1) is 0 Å². The first-order valence-corrected chi connectivity index (χ1v) is 24.9. The Morgan fingerprint density at radius 1 is 0.822 bits per heavy atom. The van der Waals surface area contributed by atoms with E-state index in [2.05, 4.69) is 72.0 Å². The second-order valence-electron chi connectivity index (χ2n) is 16.0. The van der Waals surface area contributed by atoms with Crippen LogP contribution >= 0.6 is 0 Å². The Bertz CT molecular complexity index is 1090. The third kappa shape index (κ3) is 11.7. The zero-order valence-corrected chi connectivity index (χ0v) is 33.8. The molecule has 0 radical (unpaired) electrons. The van der Waals surface area contributed by atoms with Crippen molar-refractivity contribution in [2.75, 3.05) is 0 Å². The van der Waals surface area contributed by atoms with E-state index in [1.165, 1.54) is 36.2 Å². The summed E-state index contributed by atoms with van der Waals surface area (Å²) >= 11 is -3.08. The van der Waals surface area contributed by atoms with Crippen LogP contribution in [0.15, 0.2) is 18.2 Å². The Morgan fingerprint density at radius 3 is 1.71 bits per heavy atom. The third-order valence-corrected chi connectivity index (χ3v) is 24.9. The Balaban J connectivity index is 2.74. The summed E-state index contributed by atoms with van der Waals surface area (Å²) < 4.78 is 29.7. The van der Waals surface area contributed by atoms with Crippen LogP contribution in [0.1, 0.15) is 134 Å². The van der Waals surface area contributed by atoms with Gasteiger partial charge in [-0.15, -0.1) is 0 Å². The number of benzene rings is 1. The zero-order chi connectivity index (χ0) is 34.3. The predicted molar refractivity (Wildman–Crippen MR) is 189 cm³/mol. The van der Waals surface area contributed by atoms with Crippen molar-refractivity contribution in [2.45, 2.75) is 177 Å². The molecule has 1 aromatic rings.